The lowest BCUT2D eigenvalue weighted by Gasteiger charge is -2.19. The number of thioether (sulfide) groups is 1. The van der Waals surface area contributed by atoms with Gasteiger partial charge < -0.3 is 4.90 Å². The molecular weight excluding hydrogens is 272 g/mol. The molecule has 0 atom stereocenters. The molecule has 0 unspecified atom stereocenters. The highest BCUT2D eigenvalue weighted by Gasteiger charge is 2.15. The van der Waals surface area contributed by atoms with Crippen LogP contribution in [0.1, 0.15) is 16.8 Å². The van der Waals surface area contributed by atoms with Crippen LogP contribution in [0, 0.1) is 18.3 Å². The summed E-state index contributed by atoms with van der Waals surface area (Å²) >= 11 is 1.45. The molecule has 0 fully saturated rings. The second-order valence-electron chi connectivity index (χ2n) is 4.46. The standard InChI is InChI=1S/C13H16N6S/c1-9-10(7-19(3)17-9)6-18(2)12-11(5-14)13(20-4)16-8-15-12/h7-8H,6H2,1-4H3. The van der Waals surface area contributed by atoms with Crippen molar-refractivity contribution in [1.29, 1.82) is 5.26 Å². The summed E-state index contributed by atoms with van der Waals surface area (Å²) in [5.41, 5.74) is 2.62. The smallest absolute Gasteiger partial charge is 0.151 e. The Kier molecular flexibility index (Phi) is 4.25. The number of hydrogen-bond donors (Lipinski definition) is 0. The minimum Gasteiger partial charge on any atom is -0.354 e. The van der Waals surface area contributed by atoms with Crippen LogP contribution >= 0.6 is 11.8 Å². The SMILES string of the molecule is CSc1ncnc(N(C)Cc2cn(C)nc2C)c1C#N. The predicted molar refractivity (Wildman–Crippen MR) is 78.6 cm³/mol. The van der Waals surface area contributed by atoms with Crippen molar-refractivity contribution in [2.75, 3.05) is 18.2 Å². The summed E-state index contributed by atoms with van der Waals surface area (Å²) < 4.78 is 1.79. The van der Waals surface area contributed by atoms with Crippen molar-refractivity contribution in [3.8, 4) is 6.07 Å². The molecule has 0 amide bonds. The molecule has 0 aliphatic heterocycles. The van der Waals surface area contributed by atoms with E-state index >= 15 is 0 Å². The Morgan fingerprint density at radius 3 is 2.75 bits per heavy atom. The Balaban J connectivity index is 2.32. The zero-order valence-electron chi connectivity index (χ0n) is 12.0. The van der Waals surface area contributed by atoms with E-state index in [0.29, 0.717) is 23.0 Å². The number of aryl methyl sites for hydroxylation is 2. The van der Waals surface area contributed by atoms with Crippen LogP contribution in [-0.2, 0) is 13.6 Å². The highest BCUT2D eigenvalue weighted by molar-refractivity contribution is 7.98. The second kappa shape index (κ2) is 5.92. The number of aromatic nitrogens is 4. The van der Waals surface area contributed by atoms with Crippen molar-refractivity contribution in [2.24, 2.45) is 7.05 Å². The number of hydrogen-bond acceptors (Lipinski definition) is 6. The molecule has 0 N–H and O–H groups in total. The molecule has 0 aromatic carbocycles. The van der Waals surface area contributed by atoms with Gasteiger partial charge in [0.2, 0.25) is 0 Å². The number of nitrogens with zero attached hydrogens (tertiary/aromatic N) is 6. The first kappa shape index (κ1) is 14.3. The molecule has 0 saturated carbocycles. The van der Waals surface area contributed by atoms with E-state index in [4.69, 9.17) is 0 Å². The van der Waals surface area contributed by atoms with Crippen LogP contribution < -0.4 is 4.90 Å². The van der Waals surface area contributed by atoms with Crippen LogP contribution in [-0.4, -0.2) is 33.1 Å². The Morgan fingerprint density at radius 2 is 2.20 bits per heavy atom. The molecule has 0 saturated heterocycles. The number of nitriles is 1. The van der Waals surface area contributed by atoms with E-state index in [1.54, 1.807) is 4.68 Å². The fraction of sp³-hybridized carbons (Fsp3) is 0.385. The van der Waals surface area contributed by atoms with Crippen molar-refractivity contribution >= 4 is 17.6 Å². The molecule has 20 heavy (non-hydrogen) atoms. The number of anilines is 1. The molecule has 2 rings (SSSR count). The minimum atomic E-state index is 0.518. The summed E-state index contributed by atoms with van der Waals surface area (Å²) in [6, 6.07) is 2.19. The monoisotopic (exact) mass is 288 g/mol. The maximum Gasteiger partial charge on any atom is 0.151 e. The van der Waals surface area contributed by atoms with E-state index in [2.05, 4.69) is 21.1 Å². The van der Waals surface area contributed by atoms with E-state index in [-0.39, 0.29) is 0 Å². The Labute approximate surface area is 122 Å². The summed E-state index contributed by atoms with van der Waals surface area (Å²) in [5, 5.41) is 14.3. The molecule has 0 aliphatic rings. The average molecular weight is 288 g/mol. The molecule has 0 aliphatic carbocycles. The Morgan fingerprint density at radius 1 is 1.45 bits per heavy atom. The molecule has 2 heterocycles. The molecule has 7 heteroatoms. The van der Waals surface area contributed by atoms with Crippen molar-refractivity contribution < 1.29 is 0 Å². The molecular formula is C13H16N6S. The molecule has 0 spiro atoms. The van der Waals surface area contributed by atoms with Crippen LogP contribution in [0.25, 0.3) is 0 Å². The first-order valence-electron chi connectivity index (χ1n) is 6.06. The molecule has 6 nitrogen and oxygen atoms in total. The van der Waals surface area contributed by atoms with E-state index in [1.807, 2.05) is 38.4 Å². The van der Waals surface area contributed by atoms with Gasteiger partial charge in [-0.2, -0.15) is 10.4 Å². The van der Waals surface area contributed by atoms with Crippen molar-refractivity contribution in [1.82, 2.24) is 19.7 Å². The van der Waals surface area contributed by atoms with E-state index in [9.17, 15) is 5.26 Å². The summed E-state index contributed by atoms with van der Waals surface area (Å²) in [7, 11) is 3.81. The van der Waals surface area contributed by atoms with Crippen molar-refractivity contribution in [3.05, 3.63) is 29.3 Å². The van der Waals surface area contributed by atoms with Crippen LogP contribution in [0.3, 0.4) is 0 Å². The second-order valence-corrected chi connectivity index (χ2v) is 5.26. The molecule has 2 aromatic rings. The Hall–Kier alpha value is -2.07. The molecule has 0 bridgehead atoms. The normalized spacial score (nSPS) is 10.3. The topological polar surface area (TPSA) is 70.6 Å². The van der Waals surface area contributed by atoms with Gasteiger partial charge in [0.25, 0.3) is 0 Å². The largest absolute Gasteiger partial charge is 0.354 e. The molecule has 104 valence electrons. The van der Waals surface area contributed by atoms with Gasteiger partial charge in [-0.15, -0.1) is 11.8 Å². The first-order chi connectivity index (χ1) is 9.56. The van der Waals surface area contributed by atoms with Crippen LogP contribution in [0.5, 0.6) is 0 Å². The molecule has 0 radical (unpaired) electrons. The van der Waals surface area contributed by atoms with Gasteiger partial charge in [-0.3, -0.25) is 4.68 Å². The van der Waals surface area contributed by atoms with E-state index < -0.39 is 0 Å². The summed E-state index contributed by atoms with van der Waals surface area (Å²) in [4.78, 5) is 10.3. The predicted octanol–water partition coefficient (Wildman–Crippen LogP) is 1.75. The third kappa shape index (κ3) is 2.75. The summed E-state index contributed by atoms with van der Waals surface area (Å²) in [5.74, 6) is 0.648. The summed E-state index contributed by atoms with van der Waals surface area (Å²) in [6.07, 6.45) is 5.38. The highest BCUT2D eigenvalue weighted by Crippen LogP contribution is 2.25. The van der Waals surface area contributed by atoms with Crippen molar-refractivity contribution in [2.45, 2.75) is 18.5 Å². The van der Waals surface area contributed by atoms with E-state index in [0.717, 1.165) is 11.3 Å². The number of rotatable bonds is 4. The third-order valence-corrected chi connectivity index (χ3v) is 3.68. The maximum atomic E-state index is 9.32. The fourth-order valence-electron chi connectivity index (χ4n) is 2.04. The van der Waals surface area contributed by atoms with Gasteiger partial charge >= 0.3 is 0 Å². The quantitative estimate of drug-likeness (QED) is 0.630. The molecule has 2 aromatic heterocycles. The van der Waals surface area contributed by atoms with Crippen LogP contribution in [0.15, 0.2) is 17.6 Å². The van der Waals surface area contributed by atoms with Gasteiger partial charge in [0.15, 0.2) is 5.82 Å². The maximum absolute atomic E-state index is 9.32. The van der Waals surface area contributed by atoms with Crippen LogP contribution in [0.2, 0.25) is 0 Å². The highest BCUT2D eigenvalue weighted by atomic mass is 32.2. The lowest BCUT2D eigenvalue weighted by Crippen LogP contribution is -2.19. The zero-order valence-corrected chi connectivity index (χ0v) is 12.8. The average Bonchev–Trinajstić information content (AvgIpc) is 2.75. The van der Waals surface area contributed by atoms with Gasteiger partial charge in [-0.25, -0.2) is 9.97 Å². The van der Waals surface area contributed by atoms with Crippen molar-refractivity contribution in [3.63, 3.8) is 0 Å². The van der Waals surface area contributed by atoms with Gasteiger partial charge in [-0.1, -0.05) is 0 Å². The van der Waals surface area contributed by atoms with E-state index in [1.165, 1.54) is 18.1 Å². The van der Waals surface area contributed by atoms with Gasteiger partial charge in [0.1, 0.15) is 23.0 Å². The van der Waals surface area contributed by atoms with Crippen LogP contribution in [0.4, 0.5) is 5.82 Å². The third-order valence-electron chi connectivity index (χ3n) is 2.98. The Bertz CT molecular complexity index is 657. The van der Waals surface area contributed by atoms with Gasteiger partial charge in [0.05, 0.1) is 5.69 Å². The zero-order chi connectivity index (χ0) is 14.7. The lowest BCUT2D eigenvalue weighted by molar-refractivity contribution is 0.756. The fourth-order valence-corrected chi connectivity index (χ4v) is 2.53. The van der Waals surface area contributed by atoms with Gasteiger partial charge in [0, 0.05) is 32.4 Å². The lowest BCUT2D eigenvalue weighted by atomic mass is 10.2. The summed E-state index contributed by atoms with van der Waals surface area (Å²) in [6.45, 7) is 2.63. The minimum absolute atomic E-state index is 0.518. The first-order valence-corrected chi connectivity index (χ1v) is 7.28. The van der Waals surface area contributed by atoms with Gasteiger partial charge in [-0.05, 0) is 13.2 Å².